The molecule has 2 nitrogen and oxygen atoms in total. The average Bonchev–Trinajstić information content (AvgIpc) is 3.11. The normalized spacial score (nSPS) is 18.4. The van der Waals surface area contributed by atoms with E-state index in [4.69, 9.17) is 23.2 Å². The summed E-state index contributed by atoms with van der Waals surface area (Å²) in [6.07, 6.45) is 2.41. The van der Waals surface area contributed by atoms with Crippen LogP contribution >= 0.6 is 23.2 Å². The summed E-state index contributed by atoms with van der Waals surface area (Å²) in [7, 11) is 0. The smallest absolute Gasteiger partial charge is 0.144 e. The van der Waals surface area contributed by atoms with Gasteiger partial charge in [0.25, 0.3) is 0 Å². The van der Waals surface area contributed by atoms with Crippen LogP contribution in [-0.2, 0) is 6.54 Å². The minimum Gasteiger partial charge on any atom is -0.326 e. The van der Waals surface area contributed by atoms with Crippen molar-refractivity contribution < 1.29 is 4.39 Å². The summed E-state index contributed by atoms with van der Waals surface area (Å²) >= 11 is 12.1. The molecule has 0 radical (unpaired) electrons. The molecule has 0 amide bonds. The molecule has 114 valence electrons. The monoisotopic (exact) mass is 328 g/mol. The highest BCUT2D eigenvalue weighted by Crippen LogP contribution is 2.53. The Morgan fingerprint density at radius 1 is 1.33 bits per heavy atom. The van der Waals surface area contributed by atoms with Gasteiger partial charge in [-0.3, -0.25) is 0 Å². The zero-order valence-electron chi connectivity index (χ0n) is 12.5. The van der Waals surface area contributed by atoms with Crippen LogP contribution in [0.4, 0.5) is 4.39 Å². The van der Waals surface area contributed by atoms with Gasteiger partial charge in [0.1, 0.15) is 11.6 Å². The Hall–Kier alpha value is -0.800. The molecule has 0 bridgehead atoms. The van der Waals surface area contributed by atoms with E-state index in [9.17, 15) is 4.39 Å². The van der Waals surface area contributed by atoms with E-state index < -0.39 is 5.82 Å². The fraction of sp³-hybridized carbons (Fsp3) is 0.562. The zero-order chi connectivity index (χ0) is 15.4. The first-order chi connectivity index (χ1) is 9.84. The van der Waals surface area contributed by atoms with Gasteiger partial charge in [-0.2, -0.15) is 0 Å². The lowest BCUT2D eigenvalue weighted by molar-refractivity contribution is 0.308. The largest absolute Gasteiger partial charge is 0.326 e. The second-order valence-electron chi connectivity index (χ2n) is 6.44. The number of rotatable bonds is 4. The molecule has 1 heterocycles. The molecular weight excluding hydrogens is 310 g/mol. The number of benzene rings is 1. The lowest BCUT2D eigenvalue weighted by atomic mass is 9.92. The molecule has 5 heteroatoms. The van der Waals surface area contributed by atoms with Gasteiger partial charge in [0.05, 0.1) is 21.4 Å². The van der Waals surface area contributed by atoms with Crippen LogP contribution in [0.3, 0.4) is 0 Å². The predicted octanol–water partition coefficient (Wildman–Crippen LogP) is 5.56. The van der Waals surface area contributed by atoms with Gasteiger partial charge in [0.2, 0.25) is 0 Å². The van der Waals surface area contributed by atoms with Crippen molar-refractivity contribution in [3.05, 3.63) is 28.8 Å². The van der Waals surface area contributed by atoms with E-state index in [-0.39, 0.29) is 10.4 Å². The number of aromatic nitrogens is 2. The third-order valence-corrected chi connectivity index (χ3v) is 5.25. The summed E-state index contributed by atoms with van der Waals surface area (Å²) < 4.78 is 15.9. The molecule has 1 fully saturated rings. The second kappa shape index (κ2) is 5.13. The summed E-state index contributed by atoms with van der Waals surface area (Å²) in [6, 6.07) is 3.06. The fourth-order valence-corrected chi connectivity index (χ4v) is 3.33. The number of fused-ring (bicyclic) bond motifs is 1. The predicted molar refractivity (Wildman–Crippen MR) is 85.5 cm³/mol. The molecular formula is C16H19Cl2FN2. The molecule has 1 aromatic carbocycles. The molecule has 1 unspecified atom stereocenters. The Kier molecular flexibility index (Phi) is 3.69. The molecule has 0 aliphatic heterocycles. The minimum atomic E-state index is -0.409. The van der Waals surface area contributed by atoms with E-state index >= 15 is 0 Å². The van der Waals surface area contributed by atoms with Crippen LogP contribution < -0.4 is 0 Å². The molecule has 0 N–H and O–H groups in total. The number of hydrogen-bond acceptors (Lipinski definition) is 1. The molecule has 1 aliphatic rings. The van der Waals surface area contributed by atoms with Crippen molar-refractivity contribution in [2.45, 2.75) is 45.5 Å². The maximum Gasteiger partial charge on any atom is 0.144 e. The summed E-state index contributed by atoms with van der Waals surface area (Å²) in [5, 5.41) is -0.117. The maximum absolute atomic E-state index is 13.8. The molecule has 1 atom stereocenters. The first-order valence-corrected chi connectivity index (χ1v) is 8.15. The van der Waals surface area contributed by atoms with E-state index in [2.05, 4.69) is 23.4 Å². The van der Waals surface area contributed by atoms with Crippen molar-refractivity contribution in [1.82, 2.24) is 9.55 Å². The molecule has 1 aromatic heterocycles. The lowest BCUT2D eigenvalue weighted by Gasteiger charge is -2.22. The van der Waals surface area contributed by atoms with Gasteiger partial charge >= 0.3 is 0 Å². The Bertz CT molecular complexity index is 687. The van der Waals surface area contributed by atoms with Crippen molar-refractivity contribution in [3.63, 3.8) is 0 Å². The first-order valence-electron chi connectivity index (χ1n) is 7.33. The van der Waals surface area contributed by atoms with Crippen molar-refractivity contribution in [3.8, 4) is 0 Å². The fourth-order valence-electron chi connectivity index (χ4n) is 3.00. The Morgan fingerprint density at radius 2 is 2.00 bits per heavy atom. The van der Waals surface area contributed by atoms with E-state index in [1.807, 2.05) is 6.92 Å². The third-order valence-electron chi connectivity index (χ3n) is 4.77. The number of imidazole rings is 1. The minimum absolute atomic E-state index is 0.103. The molecule has 2 aromatic rings. The summed E-state index contributed by atoms with van der Waals surface area (Å²) in [5.74, 6) is 0.972. The molecule has 21 heavy (non-hydrogen) atoms. The first kappa shape index (κ1) is 15.1. The molecule has 0 saturated heterocycles. The second-order valence-corrected chi connectivity index (χ2v) is 7.51. The van der Waals surface area contributed by atoms with Gasteiger partial charge in [-0.05, 0) is 37.2 Å². The van der Waals surface area contributed by atoms with Crippen LogP contribution in [0.25, 0.3) is 11.0 Å². The topological polar surface area (TPSA) is 17.8 Å². The molecule has 1 saturated carbocycles. The van der Waals surface area contributed by atoms with Crippen LogP contribution in [0.2, 0.25) is 5.02 Å². The highest BCUT2D eigenvalue weighted by molar-refractivity contribution is 6.31. The quantitative estimate of drug-likeness (QED) is 0.671. The van der Waals surface area contributed by atoms with Gasteiger partial charge in [-0.25, -0.2) is 9.37 Å². The SMILES string of the molecule is CC(Cl)c1nc2cc(Cl)c(F)cc2n1CC1(C(C)C)CC1. The van der Waals surface area contributed by atoms with Crippen molar-refractivity contribution >= 4 is 34.2 Å². The highest BCUT2D eigenvalue weighted by Gasteiger charge is 2.46. The van der Waals surface area contributed by atoms with Gasteiger partial charge < -0.3 is 4.57 Å². The van der Waals surface area contributed by atoms with Crippen LogP contribution in [0.1, 0.15) is 44.8 Å². The van der Waals surface area contributed by atoms with Crippen molar-refractivity contribution in [2.75, 3.05) is 0 Å². The van der Waals surface area contributed by atoms with Crippen molar-refractivity contribution in [1.29, 1.82) is 0 Å². The van der Waals surface area contributed by atoms with E-state index in [0.717, 1.165) is 17.9 Å². The Morgan fingerprint density at radius 3 is 2.52 bits per heavy atom. The van der Waals surface area contributed by atoms with Crippen LogP contribution in [0.15, 0.2) is 12.1 Å². The zero-order valence-corrected chi connectivity index (χ0v) is 14.0. The van der Waals surface area contributed by atoms with Crippen LogP contribution in [-0.4, -0.2) is 9.55 Å². The van der Waals surface area contributed by atoms with Crippen LogP contribution in [0, 0.1) is 17.2 Å². The van der Waals surface area contributed by atoms with Gasteiger partial charge in [-0.1, -0.05) is 25.4 Å². The highest BCUT2D eigenvalue weighted by atomic mass is 35.5. The van der Waals surface area contributed by atoms with E-state index in [1.54, 1.807) is 6.07 Å². The van der Waals surface area contributed by atoms with Crippen molar-refractivity contribution in [2.24, 2.45) is 11.3 Å². The third kappa shape index (κ3) is 2.55. The van der Waals surface area contributed by atoms with E-state index in [1.165, 1.54) is 18.9 Å². The number of nitrogens with zero attached hydrogens (tertiary/aromatic N) is 2. The lowest BCUT2D eigenvalue weighted by Crippen LogP contribution is -2.19. The number of alkyl halides is 1. The molecule has 3 rings (SSSR count). The van der Waals surface area contributed by atoms with Gasteiger partial charge in [0, 0.05) is 12.6 Å². The van der Waals surface area contributed by atoms with E-state index in [0.29, 0.717) is 16.8 Å². The Labute approximate surface area is 134 Å². The average molecular weight is 329 g/mol. The molecule has 0 spiro atoms. The Balaban J connectivity index is 2.14. The summed E-state index contributed by atoms with van der Waals surface area (Å²) in [5.41, 5.74) is 1.79. The summed E-state index contributed by atoms with van der Waals surface area (Å²) in [6.45, 7) is 7.22. The number of hydrogen-bond donors (Lipinski definition) is 0. The molecule has 1 aliphatic carbocycles. The van der Waals surface area contributed by atoms with Crippen LogP contribution in [0.5, 0.6) is 0 Å². The number of halogens is 3. The van der Waals surface area contributed by atoms with Gasteiger partial charge in [0.15, 0.2) is 0 Å². The summed E-state index contributed by atoms with van der Waals surface area (Å²) in [4.78, 5) is 4.57. The standard InChI is InChI=1S/C16H19Cl2FN2/c1-9(2)16(4-5-16)8-21-14-7-12(19)11(18)6-13(14)20-15(21)10(3)17/h6-7,9-10H,4-5,8H2,1-3H3. The maximum atomic E-state index is 13.8. The van der Waals surface area contributed by atoms with Gasteiger partial charge in [-0.15, -0.1) is 11.6 Å².